The lowest BCUT2D eigenvalue weighted by atomic mass is 10.2. The molecular weight excluding hydrogens is 292 g/mol. The Hall–Kier alpha value is -1.70. The third-order valence-corrected chi connectivity index (χ3v) is 4.81. The van der Waals surface area contributed by atoms with E-state index in [2.05, 4.69) is 9.71 Å². The van der Waals surface area contributed by atoms with Crippen molar-refractivity contribution in [2.45, 2.75) is 31.8 Å². The van der Waals surface area contributed by atoms with Gasteiger partial charge in [0.05, 0.1) is 6.61 Å². The van der Waals surface area contributed by atoms with Gasteiger partial charge >= 0.3 is 0 Å². The summed E-state index contributed by atoms with van der Waals surface area (Å²) in [5.41, 5.74) is 1.11. The summed E-state index contributed by atoms with van der Waals surface area (Å²) in [7, 11) is -3.71. The topological polar surface area (TPSA) is 92.4 Å². The van der Waals surface area contributed by atoms with Crippen LogP contribution in [0.25, 0.3) is 0 Å². The maximum atomic E-state index is 12.3. The van der Waals surface area contributed by atoms with Gasteiger partial charge in [0.25, 0.3) is 0 Å². The maximum absolute atomic E-state index is 12.3. The average molecular weight is 310 g/mol. The molecular formula is C14H18N2O4S. The van der Waals surface area contributed by atoms with E-state index in [-0.39, 0.29) is 23.8 Å². The lowest BCUT2D eigenvalue weighted by Crippen LogP contribution is -2.27. The summed E-state index contributed by atoms with van der Waals surface area (Å²) in [6, 6.07) is 5.49. The zero-order valence-electron chi connectivity index (χ0n) is 12.0. The number of hydrogen-bond donors (Lipinski definition) is 2. The summed E-state index contributed by atoms with van der Waals surface area (Å²) < 4.78 is 32.5. The van der Waals surface area contributed by atoms with Crippen LogP contribution in [0.1, 0.15) is 22.8 Å². The van der Waals surface area contributed by atoms with E-state index in [0.717, 1.165) is 5.69 Å². The summed E-state index contributed by atoms with van der Waals surface area (Å²) in [4.78, 5) is 4.16. The second kappa shape index (κ2) is 6.38. The monoisotopic (exact) mass is 310 g/mol. The van der Waals surface area contributed by atoms with Crippen LogP contribution in [0, 0.1) is 13.8 Å². The molecule has 0 aliphatic carbocycles. The van der Waals surface area contributed by atoms with Crippen LogP contribution in [0.3, 0.4) is 0 Å². The minimum absolute atomic E-state index is 0.0310. The average Bonchev–Trinajstić information content (AvgIpc) is 2.74. The van der Waals surface area contributed by atoms with Gasteiger partial charge in [0.2, 0.25) is 10.0 Å². The van der Waals surface area contributed by atoms with E-state index in [1.807, 2.05) is 12.1 Å². The van der Waals surface area contributed by atoms with Gasteiger partial charge in [-0.3, -0.25) is 4.98 Å². The van der Waals surface area contributed by atoms with Crippen LogP contribution in [0.5, 0.6) is 0 Å². The number of rotatable bonds is 6. The molecule has 2 N–H and O–H groups in total. The summed E-state index contributed by atoms with van der Waals surface area (Å²) >= 11 is 0. The number of pyridine rings is 1. The van der Waals surface area contributed by atoms with Crippen LogP contribution in [-0.4, -0.2) is 25.1 Å². The Kier molecular flexibility index (Phi) is 4.76. The molecule has 0 amide bonds. The highest BCUT2D eigenvalue weighted by Gasteiger charge is 2.26. The fourth-order valence-corrected chi connectivity index (χ4v) is 3.64. The Morgan fingerprint density at radius 3 is 2.67 bits per heavy atom. The number of aliphatic hydroxyl groups is 1. The van der Waals surface area contributed by atoms with E-state index in [0.29, 0.717) is 17.7 Å². The molecule has 2 aromatic heterocycles. The van der Waals surface area contributed by atoms with Crippen molar-refractivity contribution in [1.29, 1.82) is 0 Å². The number of furan rings is 1. The number of nitrogens with zero attached hydrogens (tertiary/aromatic N) is 1. The van der Waals surface area contributed by atoms with Gasteiger partial charge in [-0.1, -0.05) is 6.07 Å². The lowest BCUT2D eigenvalue weighted by molar-refractivity contribution is 0.276. The first kappa shape index (κ1) is 15.7. The van der Waals surface area contributed by atoms with Crippen molar-refractivity contribution in [1.82, 2.24) is 9.71 Å². The van der Waals surface area contributed by atoms with E-state index in [9.17, 15) is 13.5 Å². The number of hydrogen-bond acceptors (Lipinski definition) is 5. The van der Waals surface area contributed by atoms with Crippen molar-refractivity contribution in [2.24, 2.45) is 0 Å². The highest BCUT2D eigenvalue weighted by molar-refractivity contribution is 7.89. The molecule has 7 heteroatoms. The predicted octanol–water partition coefficient (Wildman–Crippen LogP) is 1.30. The number of aromatic nitrogens is 1. The Bertz CT molecular complexity index is 708. The van der Waals surface area contributed by atoms with Gasteiger partial charge in [0.1, 0.15) is 16.4 Å². The van der Waals surface area contributed by atoms with E-state index in [1.54, 1.807) is 26.1 Å². The zero-order valence-corrected chi connectivity index (χ0v) is 12.8. The van der Waals surface area contributed by atoms with Crippen molar-refractivity contribution in [2.75, 3.05) is 6.54 Å². The molecule has 0 aliphatic heterocycles. The summed E-state index contributed by atoms with van der Waals surface area (Å²) in [5.74, 6) is 0.696. The van der Waals surface area contributed by atoms with E-state index >= 15 is 0 Å². The molecule has 0 unspecified atom stereocenters. The molecule has 0 bridgehead atoms. The molecule has 6 nitrogen and oxygen atoms in total. The second-order valence-electron chi connectivity index (χ2n) is 4.65. The second-order valence-corrected chi connectivity index (χ2v) is 6.35. The largest absolute Gasteiger partial charge is 0.465 e. The van der Waals surface area contributed by atoms with Gasteiger partial charge in [-0.2, -0.15) is 0 Å². The van der Waals surface area contributed by atoms with Gasteiger partial charge < -0.3 is 9.52 Å². The molecule has 0 aromatic carbocycles. The van der Waals surface area contributed by atoms with Gasteiger partial charge in [0, 0.05) is 30.4 Å². The fraction of sp³-hybridized carbons (Fsp3) is 0.357. The number of aliphatic hydroxyl groups excluding tert-OH is 1. The third kappa shape index (κ3) is 3.49. The van der Waals surface area contributed by atoms with E-state index in [4.69, 9.17) is 4.42 Å². The van der Waals surface area contributed by atoms with Gasteiger partial charge in [-0.05, 0) is 26.0 Å². The first-order valence-electron chi connectivity index (χ1n) is 6.55. The Labute approximate surface area is 123 Å². The normalized spacial score (nSPS) is 11.8. The van der Waals surface area contributed by atoms with Gasteiger partial charge in [-0.25, -0.2) is 13.1 Å². The third-order valence-electron chi connectivity index (χ3n) is 3.15. The summed E-state index contributed by atoms with van der Waals surface area (Å²) in [6.07, 6.45) is 2.15. The van der Waals surface area contributed by atoms with Crippen LogP contribution in [-0.2, 0) is 23.1 Å². The SMILES string of the molecule is Cc1oc(C)c(S(=O)(=O)NCCc2ccccn2)c1CO. The Morgan fingerprint density at radius 2 is 2.05 bits per heavy atom. The predicted molar refractivity (Wildman–Crippen MR) is 77.2 cm³/mol. The molecule has 0 fully saturated rings. The highest BCUT2D eigenvalue weighted by atomic mass is 32.2. The molecule has 2 heterocycles. The van der Waals surface area contributed by atoms with E-state index < -0.39 is 10.0 Å². The summed E-state index contributed by atoms with van der Waals surface area (Å²) in [6.45, 7) is 3.05. The molecule has 114 valence electrons. The first-order chi connectivity index (χ1) is 9.95. The lowest BCUT2D eigenvalue weighted by Gasteiger charge is -2.07. The minimum atomic E-state index is -3.71. The smallest absolute Gasteiger partial charge is 0.244 e. The molecule has 0 saturated heterocycles. The molecule has 0 aliphatic rings. The van der Waals surface area contributed by atoms with Crippen LogP contribution in [0.4, 0.5) is 0 Å². The maximum Gasteiger partial charge on any atom is 0.244 e. The van der Waals surface area contributed by atoms with Crippen molar-refractivity contribution in [3.05, 3.63) is 47.2 Å². The van der Waals surface area contributed by atoms with Crippen molar-refractivity contribution >= 4 is 10.0 Å². The Morgan fingerprint density at radius 1 is 1.29 bits per heavy atom. The molecule has 0 spiro atoms. The molecule has 0 radical (unpaired) electrons. The number of sulfonamides is 1. The molecule has 0 atom stereocenters. The molecule has 2 rings (SSSR count). The minimum Gasteiger partial charge on any atom is -0.465 e. The molecule has 2 aromatic rings. The van der Waals surface area contributed by atoms with Crippen molar-refractivity contribution < 1.29 is 17.9 Å². The highest BCUT2D eigenvalue weighted by Crippen LogP contribution is 2.26. The standard InChI is InChI=1S/C14H18N2O4S/c1-10-13(9-17)14(11(2)20-10)21(18,19)16-8-6-12-5-3-4-7-15-12/h3-5,7,16-17H,6,8-9H2,1-2H3. The molecule has 0 saturated carbocycles. The van der Waals surface area contributed by atoms with Gasteiger partial charge in [-0.15, -0.1) is 0 Å². The van der Waals surface area contributed by atoms with E-state index in [1.165, 1.54) is 0 Å². The van der Waals surface area contributed by atoms with Crippen LogP contribution >= 0.6 is 0 Å². The van der Waals surface area contributed by atoms with Crippen molar-refractivity contribution in [3.63, 3.8) is 0 Å². The van der Waals surface area contributed by atoms with Crippen LogP contribution < -0.4 is 4.72 Å². The number of aryl methyl sites for hydroxylation is 2. The summed E-state index contributed by atoms with van der Waals surface area (Å²) in [5, 5.41) is 9.32. The fourth-order valence-electron chi connectivity index (χ4n) is 2.18. The zero-order chi connectivity index (χ0) is 15.5. The Balaban J connectivity index is 2.12. The van der Waals surface area contributed by atoms with Gasteiger partial charge in [0.15, 0.2) is 0 Å². The van der Waals surface area contributed by atoms with Crippen LogP contribution in [0.2, 0.25) is 0 Å². The first-order valence-corrected chi connectivity index (χ1v) is 8.03. The number of nitrogens with one attached hydrogen (secondary N) is 1. The quantitative estimate of drug-likeness (QED) is 0.839. The van der Waals surface area contributed by atoms with Crippen molar-refractivity contribution in [3.8, 4) is 0 Å². The van der Waals surface area contributed by atoms with Crippen LogP contribution in [0.15, 0.2) is 33.7 Å². The molecule has 21 heavy (non-hydrogen) atoms.